The van der Waals surface area contributed by atoms with Crippen LogP contribution in [0.4, 0.5) is 15.9 Å². The van der Waals surface area contributed by atoms with Gasteiger partial charge in [-0.25, -0.2) is 9.18 Å². The summed E-state index contributed by atoms with van der Waals surface area (Å²) in [5.74, 6) is -0.228. The normalized spacial score (nSPS) is 10.8. The molecule has 8 heteroatoms. The third-order valence-electron chi connectivity index (χ3n) is 4.69. The lowest BCUT2D eigenvalue weighted by molar-refractivity contribution is -0.116. The van der Waals surface area contributed by atoms with Gasteiger partial charge in [-0.1, -0.05) is 40.2 Å². The van der Waals surface area contributed by atoms with E-state index in [0.717, 1.165) is 10.0 Å². The van der Waals surface area contributed by atoms with Gasteiger partial charge in [-0.2, -0.15) is 4.98 Å². The summed E-state index contributed by atoms with van der Waals surface area (Å²) in [5.41, 5.74) is 1.54. The Bertz CT molecular complexity index is 1290. The van der Waals surface area contributed by atoms with Gasteiger partial charge in [0.1, 0.15) is 18.2 Å². The first kappa shape index (κ1) is 20.7. The van der Waals surface area contributed by atoms with E-state index in [1.165, 1.54) is 16.7 Å². The highest BCUT2D eigenvalue weighted by molar-refractivity contribution is 9.10. The van der Waals surface area contributed by atoms with E-state index in [1.807, 2.05) is 24.3 Å². The van der Waals surface area contributed by atoms with Gasteiger partial charge in [0.2, 0.25) is 5.91 Å². The molecule has 0 radical (unpaired) electrons. The average molecular weight is 481 g/mol. The molecule has 6 nitrogen and oxygen atoms in total. The molecule has 0 aliphatic rings. The second-order valence-electron chi connectivity index (χ2n) is 6.88. The van der Waals surface area contributed by atoms with E-state index in [-0.39, 0.29) is 18.3 Å². The average Bonchev–Trinajstić information content (AvgIpc) is 2.77. The number of para-hydroxylation sites is 1. The summed E-state index contributed by atoms with van der Waals surface area (Å²) in [6.45, 7) is 0.214. The molecule has 4 aromatic rings. The number of nitrogens with one attached hydrogen (secondary N) is 2. The topological polar surface area (TPSA) is 76.0 Å². The van der Waals surface area contributed by atoms with Gasteiger partial charge in [0, 0.05) is 22.1 Å². The Hall–Kier alpha value is -3.52. The van der Waals surface area contributed by atoms with Gasteiger partial charge >= 0.3 is 5.69 Å². The van der Waals surface area contributed by atoms with Crippen molar-refractivity contribution in [3.05, 3.63) is 99.1 Å². The predicted molar refractivity (Wildman–Crippen MR) is 123 cm³/mol. The van der Waals surface area contributed by atoms with Crippen LogP contribution in [0.15, 0.2) is 82.1 Å². The summed E-state index contributed by atoms with van der Waals surface area (Å²) in [6, 6.07) is 20.5. The number of fused-ring (bicyclic) bond motifs is 1. The van der Waals surface area contributed by atoms with Crippen LogP contribution in [0.3, 0.4) is 0 Å². The smallest absolute Gasteiger partial charge is 0.350 e. The van der Waals surface area contributed by atoms with Gasteiger partial charge in [-0.3, -0.25) is 9.36 Å². The van der Waals surface area contributed by atoms with Gasteiger partial charge in [-0.15, -0.1) is 0 Å². The molecule has 0 atom stereocenters. The molecule has 4 rings (SSSR count). The van der Waals surface area contributed by atoms with Crippen molar-refractivity contribution >= 4 is 44.2 Å². The standard InChI is InChI=1S/C23H18BrFN4O2/c24-16-7-11-18(12-8-16)27-21(30)14-29-20-4-2-1-3-19(20)22(28-23(29)31)26-13-15-5-9-17(25)10-6-15/h1-12H,13-14H2,(H,27,30)(H,26,28,31). The highest BCUT2D eigenvalue weighted by Crippen LogP contribution is 2.20. The van der Waals surface area contributed by atoms with Crippen LogP contribution in [-0.4, -0.2) is 15.5 Å². The fourth-order valence-corrected chi connectivity index (χ4v) is 3.45. The third kappa shape index (κ3) is 4.97. The number of carbonyl (C=O) groups is 1. The van der Waals surface area contributed by atoms with Crippen molar-refractivity contribution in [2.24, 2.45) is 0 Å². The summed E-state index contributed by atoms with van der Waals surface area (Å²) < 4.78 is 15.3. The lowest BCUT2D eigenvalue weighted by Gasteiger charge is -2.14. The number of benzene rings is 3. The first-order valence-electron chi connectivity index (χ1n) is 9.53. The number of aromatic nitrogens is 2. The second-order valence-corrected chi connectivity index (χ2v) is 7.80. The van der Waals surface area contributed by atoms with E-state index in [2.05, 4.69) is 31.5 Å². The Balaban J connectivity index is 1.58. The number of nitrogens with zero attached hydrogens (tertiary/aromatic N) is 2. The molecule has 0 saturated heterocycles. The molecule has 0 saturated carbocycles. The Kier molecular flexibility index (Phi) is 6.08. The fourth-order valence-electron chi connectivity index (χ4n) is 3.18. The number of anilines is 2. The first-order valence-corrected chi connectivity index (χ1v) is 10.3. The molecule has 156 valence electrons. The summed E-state index contributed by atoms with van der Waals surface area (Å²) >= 11 is 3.35. The third-order valence-corrected chi connectivity index (χ3v) is 5.22. The Labute approximate surface area is 185 Å². The van der Waals surface area contributed by atoms with Crippen LogP contribution in [0, 0.1) is 5.82 Å². The highest BCUT2D eigenvalue weighted by atomic mass is 79.9. The SMILES string of the molecule is O=C(Cn1c(=O)nc(NCc2ccc(F)cc2)c2ccccc21)Nc1ccc(Br)cc1. The molecule has 0 fully saturated rings. The largest absolute Gasteiger partial charge is 0.365 e. The number of rotatable bonds is 6. The maximum Gasteiger partial charge on any atom is 0.350 e. The second kappa shape index (κ2) is 9.09. The van der Waals surface area contributed by atoms with Crippen LogP contribution >= 0.6 is 15.9 Å². The fraction of sp³-hybridized carbons (Fsp3) is 0.0870. The molecule has 0 aliphatic heterocycles. The molecule has 0 unspecified atom stereocenters. The number of hydrogen-bond acceptors (Lipinski definition) is 4. The van der Waals surface area contributed by atoms with Crippen LogP contribution in [-0.2, 0) is 17.9 Å². The molecule has 1 heterocycles. The lowest BCUT2D eigenvalue weighted by Crippen LogP contribution is -2.30. The summed E-state index contributed by atoms with van der Waals surface area (Å²) in [5, 5.41) is 6.63. The lowest BCUT2D eigenvalue weighted by atomic mass is 10.2. The number of hydrogen-bond donors (Lipinski definition) is 2. The van der Waals surface area contributed by atoms with Gasteiger partial charge in [0.05, 0.1) is 5.52 Å². The highest BCUT2D eigenvalue weighted by Gasteiger charge is 2.13. The van der Waals surface area contributed by atoms with Crippen molar-refractivity contribution in [1.29, 1.82) is 0 Å². The van der Waals surface area contributed by atoms with Crippen LogP contribution in [0.1, 0.15) is 5.56 Å². The van der Waals surface area contributed by atoms with Crippen molar-refractivity contribution < 1.29 is 9.18 Å². The zero-order chi connectivity index (χ0) is 21.8. The van der Waals surface area contributed by atoms with E-state index < -0.39 is 5.69 Å². The van der Waals surface area contributed by atoms with Gasteiger partial charge in [-0.05, 0) is 54.1 Å². The number of halogens is 2. The minimum atomic E-state index is -0.536. The molecular formula is C23H18BrFN4O2. The molecule has 0 bridgehead atoms. The van der Waals surface area contributed by atoms with E-state index >= 15 is 0 Å². The van der Waals surface area contributed by atoms with Crippen LogP contribution in [0.25, 0.3) is 10.9 Å². The van der Waals surface area contributed by atoms with Crippen LogP contribution in [0.2, 0.25) is 0 Å². The maximum atomic E-state index is 13.1. The van der Waals surface area contributed by atoms with Crippen LogP contribution in [0.5, 0.6) is 0 Å². The van der Waals surface area contributed by atoms with E-state index in [0.29, 0.717) is 29.0 Å². The van der Waals surface area contributed by atoms with Gasteiger partial charge in [0.25, 0.3) is 0 Å². The van der Waals surface area contributed by atoms with Crippen molar-refractivity contribution in [2.75, 3.05) is 10.6 Å². The minimum absolute atomic E-state index is 0.166. The van der Waals surface area contributed by atoms with E-state index in [9.17, 15) is 14.0 Å². The summed E-state index contributed by atoms with van der Waals surface area (Å²) in [6.07, 6.45) is 0. The van der Waals surface area contributed by atoms with E-state index in [1.54, 1.807) is 36.4 Å². The number of carbonyl (C=O) groups excluding carboxylic acids is 1. The Morgan fingerprint density at radius 2 is 1.71 bits per heavy atom. The molecule has 0 aliphatic carbocycles. The summed E-state index contributed by atoms with van der Waals surface area (Å²) in [4.78, 5) is 29.4. The van der Waals surface area contributed by atoms with Gasteiger partial charge in [0.15, 0.2) is 0 Å². The van der Waals surface area contributed by atoms with Crippen molar-refractivity contribution in [2.45, 2.75) is 13.1 Å². The molecule has 31 heavy (non-hydrogen) atoms. The zero-order valence-electron chi connectivity index (χ0n) is 16.3. The molecule has 3 aromatic carbocycles. The van der Waals surface area contributed by atoms with Crippen LogP contribution < -0.4 is 16.3 Å². The molecule has 1 aromatic heterocycles. The monoisotopic (exact) mass is 480 g/mol. The molecule has 0 spiro atoms. The predicted octanol–water partition coefficient (Wildman–Crippen LogP) is 4.55. The zero-order valence-corrected chi connectivity index (χ0v) is 17.9. The molecule has 1 amide bonds. The molecular weight excluding hydrogens is 463 g/mol. The first-order chi connectivity index (χ1) is 15.0. The maximum absolute atomic E-state index is 13.1. The van der Waals surface area contributed by atoms with Crippen molar-refractivity contribution in [3.8, 4) is 0 Å². The van der Waals surface area contributed by atoms with Crippen molar-refractivity contribution in [1.82, 2.24) is 9.55 Å². The number of amides is 1. The summed E-state index contributed by atoms with van der Waals surface area (Å²) in [7, 11) is 0. The Morgan fingerprint density at radius 3 is 2.45 bits per heavy atom. The van der Waals surface area contributed by atoms with Crippen molar-refractivity contribution in [3.63, 3.8) is 0 Å². The van der Waals surface area contributed by atoms with E-state index in [4.69, 9.17) is 0 Å². The molecule has 2 N–H and O–H groups in total. The Morgan fingerprint density at radius 1 is 1.00 bits per heavy atom. The van der Waals surface area contributed by atoms with Gasteiger partial charge < -0.3 is 10.6 Å². The quantitative estimate of drug-likeness (QED) is 0.424. The minimum Gasteiger partial charge on any atom is -0.365 e.